The van der Waals surface area contributed by atoms with Crippen molar-refractivity contribution in [3.05, 3.63) is 88.0 Å². The Kier molecular flexibility index (Phi) is 7.77. The van der Waals surface area contributed by atoms with Crippen molar-refractivity contribution >= 4 is 23.3 Å². The molecule has 0 spiro atoms. The van der Waals surface area contributed by atoms with E-state index in [0.717, 1.165) is 16.7 Å². The van der Waals surface area contributed by atoms with E-state index in [0.29, 0.717) is 24.8 Å². The molecule has 0 aliphatic heterocycles. The Balaban J connectivity index is 1.40. The number of aliphatic hydroxyl groups is 1. The predicted octanol–water partition coefficient (Wildman–Crippen LogP) is 7.55. The molecule has 0 radical (unpaired) electrons. The number of para-hydroxylation sites is 1. The maximum Gasteiger partial charge on any atom is 0.456 e. The lowest BCUT2D eigenvalue weighted by molar-refractivity contribution is -0.362. The number of benzene rings is 2. The zero-order chi connectivity index (χ0) is 33.2. The summed E-state index contributed by atoms with van der Waals surface area (Å²) in [6.45, 7) is 1.37. The van der Waals surface area contributed by atoms with Crippen LogP contribution >= 0.6 is 0 Å². The average Bonchev–Trinajstić information content (AvgIpc) is 3.31. The zero-order valence-corrected chi connectivity index (χ0v) is 25.3. The molecular weight excluding hydrogens is 609 g/mol. The van der Waals surface area contributed by atoms with Gasteiger partial charge in [0.1, 0.15) is 5.60 Å². The molecular formula is C35H34F5NO5. The minimum Gasteiger partial charge on any atom is -0.465 e. The van der Waals surface area contributed by atoms with Gasteiger partial charge in [-0.1, -0.05) is 36.8 Å². The van der Waals surface area contributed by atoms with E-state index in [-0.39, 0.29) is 47.8 Å². The van der Waals surface area contributed by atoms with Gasteiger partial charge in [0.05, 0.1) is 18.4 Å². The molecule has 2 unspecified atom stereocenters. The summed E-state index contributed by atoms with van der Waals surface area (Å²) in [7, 11) is 1.22. The SMILES string of the molecule is COC(=O)c1ccccc1NC(=O)c1ccc([C@H]2CC3(C)[C@@H](CC[C@@]3(O)C(F)(F)C(F)(F)F)C3CCC4=CC(=O)CCC4=C32)cc1. The molecule has 11 heteroatoms. The van der Waals surface area contributed by atoms with Gasteiger partial charge in [0, 0.05) is 23.3 Å². The van der Waals surface area contributed by atoms with Crippen LogP contribution in [-0.4, -0.2) is 47.6 Å². The standard InChI is InChI=1S/C35H34F5NO5/c1-32-18-26(19-7-9-20(10-8-19)30(43)41-28-6-4-3-5-25(28)31(44)46-2)29-23-14-12-22(42)17-21(23)11-13-24(29)27(32)15-16-33(32,45)34(36,37)35(38,39)40/h3-10,17,24,26-27,45H,11-16,18H2,1-2H3,(H,41,43)/t24?,26-,27+,32?,33+/m1/s1. The summed E-state index contributed by atoms with van der Waals surface area (Å²) in [5.74, 6) is -8.06. The molecule has 2 aromatic rings. The fraction of sp³-hybridized carbons (Fsp3) is 0.457. The number of hydrogen-bond donors (Lipinski definition) is 2. The van der Waals surface area contributed by atoms with Gasteiger partial charge in [-0.15, -0.1) is 0 Å². The first kappa shape index (κ1) is 32.1. The number of carbonyl (C=O) groups excluding carboxylic acids is 3. The Morgan fingerprint density at radius 2 is 1.67 bits per heavy atom. The number of anilines is 1. The lowest BCUT2D eigenvalue weighted by atomic mass is 9.50. The van der Waals surface area contributed by atoms with Crippen LogP contribution < -0.4 is 5.32 Å². The van der Waals surface area contributed by atoms with Crippen LogP contribution in [0.3, 0.4) is 0 Å². The van der Waals surface area contributed by atoms with Crippen LogP contribution in [0.4, 0.5) is 27.6 Å². The lowest BCUT2D eigenvalue weighted by Gasteiger charge is -2.56. The van der Waals surface area contributed by atoms with E-state index in [9.17, 15) is 32.7 Å². The summed E-state index contributed by atoms with van der Waals surface area (Å²) in [5.41, 5.74) is -1.06. The molecule has 0 heterocycles. The Bertz CT molecular complexity index is 1660. The van der Waals surface area contributed by atoms with Crippen LogP contribution in [0, 0.1) is 17.3 Å². The smallest absolute Gasteiger partial charge is 0.456 e. The minimum atomic E-state index is -5.93. The first-order chi connectivity index (χ1) is 21.6. The predicted molar refractivity (Wildman–Crippen MR) is 158 cm³/mol. The van der Waals surface area contributed by atoms with Crippen molar-refractivity contribution in [1.29, 1.82) is 0 Å². The van der Waals surface area contributed by atoms with E-state index in [1.807, 2.05) is 0 Å². The molecule has 5 atom stereocenters. The monoisotopic (exact) mass is 643 g/mol. The van der Waals surface area contributed by atoms with Gasteiger partial charge in [0.25, 0.3) is 5.91 Å². The van der Waals surface area contributed by atoms with Crippen molar-refractivity contribution in [3.8, 4) is 0 Å². The van der Waals surface area contributed by atoms with Crippen molar-refractivity contribution in [2.75, 3.05) is 12.4 Å². The minimum absolute atomic E-state index is 0.000744. The highest BCUT2D eigenvalue weighted by Crippen LogP contribution is 2.70. The Hall–Kier alpha value is -3.86. The van der Waals surface area contributed by atoms with Crippen LogP contribution in [0.1, 0.15) is 84.1 Å². The molecule has 2 aromatic carbocycles. The number of carbonyl (C=O) groups is 3. The number of ketones is 1. The molecule has 6 nitrogen and oxygen atoms in total. The molecule has 4 aliphatic rings. The van der Waals surface area contributed by atoms with E-state index in [2.05, 4.69) is 5.32 Å². The first-order valence-electron chi connectivity index (χ1n) is 15.3. The molecule has 4 aliphatic carbocycles. The fourth-order valence-electron chi connectivity index (χ4n) is 8.66. The van der Waals surface area contributed by atoms with Crippen molar-refractivity contribution in [2.45, 2.75) is 75.5 Å². The molecule has 2 saturated carbocycles. The molecule has 6 rings (SSSR count). The number of rotatable bonds is 5. The van der Waals surface area contributed by atoms with Gasteiger partial charge in [-0.05, 0) is 97.4 Å². The van der Waals surface area contributed by atoms with Gasteiger partial charge in [-0.25, -0.2) is 4.79 Å². The van der Waals surface area contributed by atoms with E-state index in [4.69, 9.17) is 4.74 Å². The van der Waals surface area contributed by atoms with E-state index in [1.54, 1.807) is 36.4 Å². The highest BCUT2D eigenvalue weighted by Gasteiger charge is 2.79. The molecule has 2 fully saturated rings. The lowest BCUT2D eigenvalue weighted by Crippen LogP contribution is -2.65. The number of ether oxygens (including phenoxy) is 1. The number of esters is 1. The van der Waals surface area contributed by atoms with Crippen molar-refractivity contribution in [3.63, 3.8) is 0 Å². The summed E-state index contributed by atoms with van der Waals surface area (Å²) >= 11 is 0. The van der Waals surface area contributed by atoms with Gasteiger partial charge in [0.2, 0.25) is 0 Å². The summed E-state index contributed by atoms with van der Waals surface area (Å²) in [5, 5.41) is 14.1. The summed E-state index contributed by atoms with van der Waals surface area (Å²) in [6, 6.07) is 12.7. The topological polar surface area (TPSA) is 92.7 Å². The normalized spacial score (nSPS) is 29.3. The highest BCUT2D eigenvalue weighted by molar-refractivity contribution is 6.08. The third kappa shape index (κ3) is 4.80. The maximum absolute atomic E-state index is 15.2. The number of methoxy groups -OCH3 is 1. The highest BCUT2D eigenvalue weighted by atomic mass is 19.4. The largest absolute Gasteiger partial charge is 0.465 e. The molecule has 0 saturated heterocycles. The van der Waals surface area contributed by atoms with Gasteiger partial charge >= 0.3 is 18.1 Å². The summed E-state index contributed by atoms with van der Waals surface area (Å²) in [4.78, 5) is 37.6. The second kappa shape index (κ2) is 11.1. The zero-order valence-electron chi connectivity index (χ0n) is 25.3. The number of amides is 1. The van der Waals surface area contributed by atoms with Gasteiger partial charge < -0.3 is 15.2 Å². The molecule has 244 valence electrons. The van der Waals surface area contributed by atoms with Crippen molar-refractivity contribution < 1.29 is 46.2 Å². The Labute approximate surface area is 262 Å². The van der Waals surface area contributed by atoms with E-state index >= 15 is 8.78 Å². The van der Waals surface area contributed by atoms with Crippen LogP contribution in [-0.2, 0) is 9.53 Å². The van der Waals surface area contributed by atoms with Crippen LogP contribution in [0.5, 0.6) is 0 Å². The van der Waals surface area contributed by atoms with Crippen LogP contribution in [0.2, 0.25) is 0 Å². The quantitative estimate of drug-likeness (QED) is 0.259. The third-order valence-electron chi connectivity index (χ3n) is 10.9. The first-order valence-corrected chi connectivity index (χ1v) is 15.3. The van der Waals surface area contributed by atoms with Gasteiger partial charge in [0.15, 0.2) is 5.78 Å². The van der Waals surface area contributed by atoms with Crippen LogP contribution in [0.25, 0.3) is 0 Å². The number of alkyl halides is 5. The number of hydrogen-bond acceptors (Lipinski definition) is 5. The second-order valence-corrected chi connectivity index (χ2v) is 13.1. The molecule has 0 aromatic heterocycles. The van der Waals surface area contributed by atoms with Crippen LogP contribution in [0.15, 0.2) is 71.3 Å². The number of allylic oxidation sites excluding steroid dienone is 4. The molecule has 1 amide bonds. The number of nitrogens with one attached hydrogen (secondary N) is 1. The van der Waals surface area contributed by atoms with Crippen molar-refractivity contribution in [1.82, 2.24) is 0 Å². The molecule has 46 heavy (non-hydrogen) atoms. The fourth-order valence-corrected chi connectivity index (χ4v) is 8.66. The van der Waals surface area contributed by atoms with E-state index < -0.39 is 53.2 Å². The average molecular weight is 644 g/mol. The summed E-state index contributed by atoms with van der Waals surface area (Å²) < 4.78 is 76.7. The Morgan fingerprint density at radius 3 is 2.35 bits per heavy atom. The summed E-state index contributed by atoms with van der Waals surface area (Å²) in [6.07, 6.45) is -3.40. The third-order valence-corrected chi connectivity index (χ3v) is 10.9. The van der Waals surface area contributed by atoms with Gasteiger partial charge in [-0.3, -0.25) is 9.59 Å². The second-order valence-electron chi connectivity index (χ2n) is 13.1. The molecule has 2 N–H and O–H groups in total. The van der Waals surface area contributed by atoms with E-state index in [1.165, 1.54) is 32.2 Å². The van der Waals surface area contributed by atoms with Gasteiger partial charge in [-0.2, -0.15) is 22.0 Å². The maximum atomic E-state index is 15.2. The Morgan fingerprint density at radius 1 is 0.978 bits per heavy atom. The van der Waals surface area contributed by atoms with Crippen molar-refractivity contribution in [2.24, 2.45) is 17.3 Å². The number of fused-ring (bicyclic) bond motifs is 4. The number of halogens is 5. The molecule has 0 bridgehead atoms.